The van der Waals surface area contributed by atoms with Gasteiger partial charge in [0.15, 0.2) is 0 Å². The zero-order valence-electron chi connectivity index (χ0n) is 17.5. The van der Waals surface area contributed by atoms with Gasteiger partial charge in [-0.2, -0.15) is 0 Å². The summed E-state index contributed by atoms with van der Waals surface area (Å²) in [7, 11) is -1.31. The molecule has 0 spiro atoms. The third kappa shape index (κ3) is 5.65. The predicted molar refractivity (Wildman–Crippen MR) is 131 cm³/mol. The number of methoxy groups -OCH3 is 2. The number of carbonyl (C=O) groups excluding carboxylic acids is 1. The van der Waals surface area contributed by atoms with Crippen LogP contribution in [0.25, 0.3) is 0 Å². The van der Waals surface area contributed by atoms with Gasteiger partial charge in [-0.25, -0.2) is 8.42 Å². The van der Waals surface area contributed by atoms with Crippen LogP contribution in [0.15, 0.2) is 65.6 Å². The number of hydrogen-bond acceptors (Lipinski definition) is 5. The predicted octanol–water partition coefficient (Wildman–Crippen LogP) is 5.50. The first-order valence-electron chi connectivity index (χ1n) is 9.41. The van der Waals surface area contributed by atoms with E-state index >= 15 is 0 Å². The maximum atomic E-state index is 13.4. The lowest BCUT2D eigenvalue weighted by Gasteiger charge is -2.25. The van der Waals surface area contributed by atoms with Gasteiger partial charge < -0.3 is 14.8 Å². The molecule has 3 rings (SSSR count). The summed E-state index contributed by atoms with van der Waals surface area (Å²) in [5, 5.41) is 3.32. The van der Waals surface area contributed by atoms with Gasteiger partial charge in [-0.05, 0) is 30.3 Å². The molecule has 33 heavy (non-hydrogen) atoms. The van der Waals surface area contributed by atoms with E-state index in [-0.39, 0.29) is 32.1 Å². The highest BCUT2D eigenvalue weighted by atomic mass is 35.5. The monoisotopic (exact) mass is 528 g/mol. The van der Waals surface area contributed by atoms with Crippen LogP contribution in [0, 0.1) is 0 Å². The molecule has 0 bridgehead atoms. The third-order valence-corrected chi connectivity index (χ3v) is 7.15. The number of ether oxygens (including phenoxy) is 2. The third-order valence-electron chi connectivity index (χ3n) is 4.54. The van der Waals surface area contributed by atoms with Crippen LogP contribution in [-0.4, -0.2) is 35.1 Å². The molecule has 1 N–H and O–H groups in total. The number of amides is 1. The number of hydrogen-bond donors (Lipinski definition) is 1. The Hall–Kier alpha value is -2.65. The van der Waals surface area contributed by atoms with Crippen LogP contribution < -0.4 is 19.1 Å². The molecule has 7 nitrogen and oxygen atoms in total. The molecule has 0 aliphatic rings. The van der Waals surface area contributed by atoms with Gasteiger partial charge in [0.05, 0.1) is 40.5 Å². The van der Waals surface area contributed by atoms with Crippen LogP contribution >= 0.6 is 34.8 Å². The number of halogens is 3. The van der Waals surface area contributed by atoms with Crippen molar-refractivity contribution in [2.24, 2.45) is 0 Å². The Morgan fingerprint density at radius 3 is 2.18 bits per heavy atom. The molecule has 0 aromatic heterocycles. The first kappa shape index (κ1) is 25.0. The molecule has 1 amide bonds. The highest BCUT2D eigenvalue weighted by Gasteiger charge is 2.29. The van der Waals surface area contributed by atoms with Crippen molar-refractivity contribution in [3.05, 3.63) is 75.7 Å². The number of nitrogens with one attached hydrogen (secondary N) is 1. The van der Waals surface area contributed by atoms with Crippen molar-refractivity contribution >= 4 is 62.1 Å². The SMILES string of the molecule is COc1cc(NC(=O)CN(c2ccc(Cl)cc2Cl)S(=O)(=O)c2ccccc2)c(OC)cc1Cl. The van der Waals surface area contributed by atoms with Crippen molar-refractivity contribution in [3.8, 4) is 11.5 Å². The Labute approximate surface area is 206 Å². The summed E-state index contributed by atoms with van der Waals surface area (Å²) in [5.41, 5.74) is 0.351. The fourth-order valence-corrected chi connectivity index (χ4v) is 5.23. The average molecular weight is 530 g/mol. The average Bonchev–Trinajstić information content (AvgIpc) is 2.79. The van der Waals surface area contributed by atoms with E-state index < -0.39 is 22.5 Å². The van der Waals surface area contributed by atoms with E-state index in [2.05, 4.69) is 5.32 Å². The molecule has 11 heteroatoms. The molecule has 3 aromatic carbocycles. The largest absolute Gasteiger partial charge is 0.495 e. The van der Waals surface area contributed by atoms with Crippen LogP contribution in [-0.2, 0) is 14.8 Å². The molecule has 0 aliphatic heterocycles. The van der Waals surface area contributed by atoms with Crippen LogP contribution in [0.2, 0.25) is 15.1 Å². The van der Waals surface area contributed by atoms with Crippen molar-refractivity contribution in [1.82, 2.24) is 0 Å². The second-order valence-electron chi connectivity index (χ2n) is 6.66. The van der Waals surface area contributed by atoms with Crippen molar-refractivity contribution in [3.63, 3.8) is 0 Å². The molecule has 0 atom stereocenters. The van der Waals surface area contributed by atoms with Gasteiger partial charge >= 0.3 is 0 Å². The first-order chi connectivity index (χ1) is 15.7. The zero-order chi connectivity index (χ0) is 24.2. The van der Waals surface area contributed by atoms with E-state index in [9.17, 15) is 13.2 Å². The minimum Gasteiger partial charge on any atom is -0.495 e. The minimum absolute atomic E-state index is 0.00504. The smallest absolute Gasteiger partial charge is 0.264 e. The van der Waals surface area contributed by atoms with Crippen LogP contribution in [0.1, 0.15) is 0 Å². The fourth-order valence-electron chi connectivity index (χ4n) is 2.98. The standard InChI is InChI=1S/C22H19Cl3N2O5S/c1-31-20-12-18(21(32-2)11-17(20)25)26-22(28)13-27(19-9-8-14(23)10-16(19)24)33(29,30)15-6-4-3-5-7-15/h3-12H,13H2,1-2H3,(H,26,28). The summed E-state index contributed by atoms with van der Waals surface area (Å²) >= 11 is 18.4. The van der Waals surface area contributed by atoms with Crippen molar-refractivity contribution in [1.29, 1.82) is 0 Å². The number of rotatable bonds is 8. The van der Waals surface area contributed by atoms with Gasteiger partial charge in [0.1, 0.15) is 18.0 Å². The van der Waals surface area contributed by atoms with Gasteiger partial charge in [-0.1, -0.05) is 53.0 Å². The van der Waals surface area contributed by atoms with Crippen LogP contribution in [0.5, 0.6) is 11.5 Å². The summed E-state index contributed by atoms with van der Waals surface area (Å²) in [6, 6.07) is 15.0. The van der Waals surface area contributed by atoms with Crippen molar-refractivity contribution < 1.29 is 22.7 Å². The summed E-state index contributed by atoms with van der Waals surface area (Å²) < 4.78 is 38.2. The first-order valence-corrected chi connectivity index (χ1v) is 12.0. The lowest BCUT2D eigenvalue weighted by Crippen LogP contribution is -2.38. The summed E-state index contributed by atoms with van der Waals surface area (Å²) in [6.07, 6.45) is 0. The second-order valence-corrected chi connectivity index (χ2v) is 9.77. The Kier molecular flexibility index (Phi) is 7.97. The number of carbonyl (C=O) groups is 1. The number of anilines is 2. The van der Waals surface area contributed by atoms with E-state index in [1.807, 2.05) is 0 Å². The normalized spacial score (nSPS) is 11.1. The molecular formula is C22H19Cl3N2O5S. The molecule has 0 aliphatic carbocycles. The quantitative estimate of drug-likeness (QED) is 0.417. The molecule has 0 saturated carbocycles. The lowest BCUT2D eigenvalue weighted by molar-refractivity contribution is -0.114. The van der Waals surface area contributed by atoms with Crippen LogP contribution in [0.4, 0.5) is 11.4 Å². The highest BCUT2D eigenvalue weighted by Crippen LogP contribution is 2.36. The number of nitrogens with zero attached hydrogens (tertiary/aromatic N) is 1. The minimum atomic E-state index is -4.14. The molecule has 174 valence electrons. The van der Waals surface area contributed by atoms with E-state index in [4.69, 9.17) is 44.3 Å². The second kappa shape index (κ2) is 10.5. The Balaban J connectivity index is 2.00. The molecular weight excluding hydrogens is 511 g/mol. The van der Waals surface area contributed by atoms with Gasteiger partial charge in [0.25, 0.3) is 10.0 Å². The number of benzene rings is 3. The highest BCUT2D eigenvalue weighted by molar-refractivity contribution is 7.92. The summed E-state index contributed by atoms with van der Waals surface area (Å²) in [5.74, 6) is -0.0679. The summed E-state index contributed by atoms with van der Waals surface area (Å²) in [4.78, 5) is 13.0. The molecule has 0 fully saturated rings. The maximum absolute atomic E-state index is 13.4. The Bertz CT molecular complexity index is 1270. The van der Waals surface area contributed by atoms with E-state index in [1.54, 1.807) is 18.2 Å². The lowest BCUT2D eigenvalue weighted by atomic mass is 10.2. The fraction of sp³-hybridized carbons (Fsp3) is 0.136. The summed E-state index contributed by atoms with van der Waals surface area (Å²) in [6.45, 7) is -0.577. The molecule has 3 aromatic rings. The van der Waals surface area contributed by atoms with Gasteiger partial charge in [0, 0.05) is 17.2 Å². The van der Waals surface area contributed by atoms with Gasteiger partial charge in [-0.15, -0.1) is 0 Å². The van der Waals surface area contributed by atoms with E-state index in [1.165, 1.54) is 56.7 Å². The van der Waals surface area contributed by atoms with Crippen LogP contribution in [0.3, 0.4) is 0 Å². The zero-order valence-corrected chi connectivity index (χ0v) is 20.6. The molecule has 0 heterocycles. The van der Waals surface area contributed by atoms with Gasteiger partial charge in [0.2, 0.25) is 5.91 Å². The molecule has 0 unspecified atom stereocenters. The number of sulfonamides is 1. The molecule has 0 radical (unpaired) electrons. The van der Waals surface area contributed by atoms with E-state index in [0.717, 1.165) is 4.31 Å². The Morgan fingerprint density at radius 2 is 1.58 bits per heavy atom. The topological polar surface area (TPSA) is 84.9 Å². The van der Waals surface area contributed by atoms with E-state index in [0.29, 0.717) is 10.8 Å². The Morgan fingerprint density at radius 1 is 0.909 bits per heavy atom. The van der Waals surface area contributed by atoms with Crippen molar-refractivity contribution in [2.45, 2.75) is 4.90 Å². The maximum Gasteiger partial charge on any atom is 0.264 e. The van der Waals surface area contributed by atoms with Crippen molar-refractivity contribution in [2.75, 3.05) is 30.4 Å². The molecule has 0 saturated heterocycles. The van der Waals surface area contributed by atoms with Gasteiger partial charge in [-0.3, -0.25) is 9.10 Å².